The molecular formula is C23H18F2N4O2S. The number of carbonyl (C=O) groups excluding carboxylic acids is 1. The number of anilines is 1. The van der Waals surface area contributed by atoms with Gasteiger partial charge in [-0.3, -0.25) is 9.36 Å². The lowest BCUT2D eigenvalue weighted by atomic mass is 10.2. The maximum absolute atomic E-state index is 13.5. The van der Waals surface area contributed by atoms with Gasteiger partial charge < -0.3 is 10.1 Å². The van der Waals surface area contributed by atoms with Crippen molar-refractivity contribution in [1.82, 2.24) is 14.8 Å². The smallest absolute Gasteiger partial charge is 0.234 e. The Morgan fingerprint density at radius 1 is 1.00 bits per heavy atom. The minimum atomic E-state index is -0.378. The number of nitrogens with zero attached hydrogens (tertiary/aromatic N) is 3. The van der Waals surface area contributed by atoms with Crippen molar-refractivity contribution >= 4 is 23.4 Å². The Morgan fingerprint density at radius 3 is 2.38 bits per heavy atom. The fraction of sp³-hybridized carbons (Fsp3) is 0.0870. The Labute approximate surface area is 187 Å². The van der Waals surface area contributed by atoms with Gasteiger partial charge in [0.05, 0.1) is 12.9 Å². The van der Waals surface area contributed by atoms with Gasteiger partial charge in [0.25, 0.3) is 0 Å². The molecule has 9 heteroatoms. The molecule has 0 radical (unpaired) electrons. The average molecular weight is 452 g/mol. The monoisotopic (exact) mass is 452 g/mol. The zero-order valence-electron chi connectivity index (χ0n) is 17.0. The first-order chi connectivity index (χ1) is 15.5. The van der Waals surface area contributed by atoms with Crippen molar-refractivity contribution in [2.45, 2.75) is 5.16 Å². The SMILES string of the molecule is COc1cccc(NC(=O)CSc2nnc(-c3ccc(F)cc3)n2-c2ccc(F)cc2)c1. The Morgan fingerprint density at radius 2 is 1.69 bits per heavy atom. The first kappa shape index (κ1) is 21.5. The highest BCUT2D eigenvalue weighted by atomic mass is 32.2. The van der Waals surface area contributed by atoms with Crippen molar-refractivity contribution in [1.29, 1.82) is 0 Å². The molecule has 0 fully saturated rings. The molecule has 3 aromatic carbocycles. The van der Waals surface area contributed by atoms with Crippen molar-refractivity contribution in [3.8, 4) is 22.8 Å². The molecule has 1 heterocycles. The first-order valence-electron chi connectivity index (χ1n) is 9.57. The van der Waals surface area contributed by atoms with E-state index in [1.165, 1.54) is 36.0 Å². The van der Waals surface area contributed by atoms with E-state index in [-0.39, 0.29) is 23.3 Å². The molecule has 0 aliphatic carbocycles. The van der Waals surface area contributed by atoms with Gasteiger partial charge in [-0.05, 0) is 60.7 Å². The molecule has 4 aromatic rings. The summed E-state index contributed by atoms with van der Waals surface area (Å²) in [5.41, 5.74) is 1.87. The third-order valence-corrected chi connectivity index (χ3v) is 5.44. The van der Waals surface area contributed by atoms with Crippen molar-refractivity contribution in [3.63, 3.8) is 0 Å². The Bertz CT molecular complexity index is 1230. The van der Waals surface area contributed by atoms with Crippen LogP contribution in [0.5, 0.6) is 5.75 Å². The molecule has 0 atom stereocenters. The van der Waals surface area contributed by atoms with Gasteiger partial charge in [-0.1, -0.05) is 17.8 Å². The highest BCUT2D eigenvalue weighted by molar-refractivity contribution is 7.99. The van der Waals surface area contributed by atoms with E-state index < -0.39 is 0 Å². The molecule has 6 nitrogen and oxygen atoms in total. The highest BCUT2D eigenvalue weighted by Gasteiger charge is 2.17. The summed E-state index contributed by atoms with van der Waals surface area (Å²) in [7, 11) is 1.55. The van der Waals surface area contributed by atoms with Gasteiger partial charge in [-0.2, -0.15) is 0 Å². The van der Waals surface area contributed by atoms with E-state index in [1.807, 2.05) is 0 Å². The zero-order chi connectivity index (χ0) is 22.5. The minimum absolute atomic E-state index is 0.0694. The van der Waals surface area contributed by atoms with Crippen LogP contribution in [0.2, 0.25) is 0 Å². The number of thioether (sulfide) groups is 1. The summed E-state index contributed by atoms with van der Waals surface area (Å²) in [5.74, 6) is 0.172. The highest BCUT2D eigenvalue weighted by Crippen LogP contribution is 2.28. The number of methoxy groups -OCH3 is 1. The summed E-state index contributed by atoms with van der Waals surface area (Å²) in [4.78, 5) is 12.5. The summed E-state index contributed by atoms with van der Waals surface area (Å²) in [5, 5.41) is 11.7. The number of amides is 1. The van der Waals surface area contributed by atoms with Crippen LogP contribution in [0.3, 0.4) is 0 Å². The van der Waals surface area contributed by atoms with Gasteiger partial charge in [-0.25, -0.2) is 8.78 Å². The maximum Gasteiger partial charge on any atom is 0.234 e. The van der Waals surface area contributed by atoms with E-state index >= 15 is 0 Å². The normalized spacial score (nSPS) is 10.7. The minimum Gasteiger partial charge on any atom is -0.497 e. The van der Waals surface area contributed by atoms with E-state index in [2.05, 4.69) is 15.5 Å². The van der Waals surface area contributed by atoms with E-state index in [9.17, 15) is 13.6 Å². The van der Waals surface area contributed by atoms with Crippen molar-refractivity contribution in [2.75, 3.05) is 18.2 Å². The van der Waals surface area contributed by atoms with Crippen molar-refractivity contribution in [2.24, 2.45) is 0 Å². The molecule has 1 N–H and O–H groups in total. The van der Waals surface area contributed by atoms with Crippen LogP contribution in [-0.4, -0.2) is 33.5 Å². The van der Waals surface area contributed by atoms with Crippen molar-refractivity contribution < 1.29 is 18.3 Å². The number of nitrogens with one attached hydrogen (secondary N) is 1. The summed E-state index contributed by atoms with van der Waals surface area (Å²) < 4.78 is 33.7. The summed E-state index contributed by atoms with van der Waals surface area (Å²) in [6, 6.07) is 18.7. The molecule has 0 aliphatic rings. The standard InChI is InChI=1S/C23H18F2N4O2S/c1-31-20-4-2-3-18(13-20)26-21(30)14-32-23-28-27-22(15-5-7-16(24)8-6-15)29(23)19-11-9-17(25)10-12-19/h2-13H,14H2,1H3,(H,26,30). The van der Waals surface area contributed by atoms with Crippen LogP contribution >= 0.6 is 11.8 Å². The molecule has 4 rings (SSSR count). The van der Waals surface area contributed by atoms with Crippen LogP contribution in [0.1, 0.15) is 0 Å². The lowest BCUT2D eigenvalue weighted by Crippen LogP contribution is -2.14. The van der Waals surface area contributed by atoms with Gasteiger partial charge in [-0.15, -0.1) is 10.2 Å². The fourth-order valence-electron chi connectivity index (χ4n) is 3.00. The Hall–Kier alpha value is -3.72. The van der Waals surface area contributed by atoms with Gasteiger partial charge >= 0.3 is 0 Å². The van der Waals surface area contributed by atoms with Crippen LogP contribution in [0.4, 0.5) is 14.5 Å². The lowest BCUT2D eigenvalue weighted by Gasteiger charge is -2.11. The zero-order valence-corrected chi connectivity index (χ0v) is 17.8. The molecule has 0 saturated heterocycles. The van der Waals surface area contributed by atoms with Gasteiger partial charge in [0.15, 0.2) is 11.0 Å². The van der Waals surface area contributed by atoms with Crippen LogP contribution in [0.25, 0.3) is 17.1 Å². The fourth-order valence-corrected chi connectivity index (χ4v) is 3.75. The molecule has 1 amide bonds. The Kier molecular flexibility index (Phi) is 6.46. The van der Waals surface area contributed by atoms with Crippen LogP contribution in [0.15, 0.2) is 78.0 Å². The van der Waals surface area contributed by atoms with Crippen LogP contribution in [0, 0.1) is 11.6 Å². The molecule has 0 saturated carbocycles. The molecule has 0 spiro atoms. The second-order valence-corrected chi connectivity index (χ2v) is 7.64. The quantitative estimate of drug-likeness (QED) is 0.402. The predicted octanol–water partition coefficient (Wildman–Crippen LogP) is 4.95. The number of halogens is 2. The molecule has 0 aliphatic heterocycles. The summed E-state index contributed by atoms with van der Waals surface area (Å²) >= 11 is 1.18. The van der Waals surface area contributed by atoms with Crippen LogP contribution < -0.4 is 10.1 Å². The molecule has 1 aromatic heterocycles. The number of ether oxygens (including phenoxy) is 1. The largest absolute Gasteiger partial charge is 0.497 e. The first-order valence-corrected chi connectivity index (χ1v) is 10.6. The van der Waals surface area contributed by atoms with Crippen molar-refractivity contribution in [3.05, 3.63) is 84.4 Å². The number of hydrogen-bond donors (Lipinski definition) is 1. The Balaban J connectivity index is 1.58. The van der Waals surface area contributed by atoms with E-state index in [1.54, 1.807) is 60.2 Å². The predicted molar refractivity (Wildman–Crippen MR) is 119 cm³/mol. The van der Waals surface area contributed by atoms with E-state index in [0.717, 1.165) is 0 Å². The van der Waals surface area contributed by atoms with Gasteiger partial charge in [0.1, 0.15) is 17.4 Å². The third kappa shape index (κ3) is 4.94. The number of carbonyl (C=O) groups is 1. The van der Waals surface area contributed by atoms with E-state index in [4.69, 9.17) is 4.74 Å². The number of rotatable bonds is 7. The second-order valence-electron chi connectivity index (χ2n) is 6.69. The molecule has 32 heavy (non-hydrogen) atoms. The molecule has 162 valence electrons. The van der Waals surface area contributed by atoms with Gasteiger partial charge in [0, 0.05) is 23.0 Å². The van der Waals surface area contributed by atoms with E-state index in [0.29, 0.717) is 33.7 Å². The molecular weight excluding hydrogens is 434 g/mol. The van der Waals surface area contributed by atoms with Crippen LogP contribution in [-0.2, 0) is 4.79 Å². The third-order valence-electron chi connectivity index (χ3n) is 4.51. The summed E-state index contributed by atoms with van der Waals surface area (Å²) in [6.07, 6.45) is 0. The maximum atomic E-state index is 13.5. The molecule has 0 bridgehead atoms. The number of hydrogen-bond acceptors (Lipinski definition) is 5. The number of aromatic nitrogens is 3. The second kappa shape index (κ2) is 9.61. The summed E-state index contributed by atoms with van der Waals surface area (Å²) in [6.45, 7) is 0. The molecule has 0 unspecified atom stereocenters. The number of benzene rings is 3. The lowest BCUT2D eigenvalue weighted by molar-refractivity contribution is -0.113. The van der Waals surface area contributed by atoms with Gasteiger partial charge in [0.2, 0.25) is 5.91 Å². The topological polar surface area (TPSA) is 69.0 Å². The average Bonchev–Trinajstić information content (AvgIpc) is 3.23.